The van der Waals surface area contributed by atoms with Crippen molar-refractivity contribution in [3.05, 3.63) is 24.0 Å². The van der Waals surface area contributed by atoms with Crippen molar-refractivity contribution in [2.45, 2.75) is 13.3 Å². The maximum Gasteiger partial charge on any atom is 0.126 e. The van der Waals surface area contributed by atoms with Crippen molar-refractivity contribution >= 4 is 16.7 Å². The number of aromatic nitrogens is 2. The first-order valence-electron chi connectivity index (χ1n) is 4.49. The van der Waals surface area contributed by atoms with Gasteiger partial charge >= 0.3 is 0 Å². The lowest BCUT2D eigenvalue weighted by Crippen LogP contribution is -1.90. The summed E-state index contributed by atoms with van der Waals surface area (Å²) < 4.78 is 0. The molecule has 13 heavy (non-hydrogen) atoms. The summed E-state index contributed by atoms with van der Waals surface area (Å²) in [6, 6.07) is 4.21. The average Bonchev–Trinajstić information content (AvgIpc) is 2.58. The van der Waals surface area contributed by atoms with Crippen LogP contribution in [0, 0.1) is 0 Å². The van der Waals surface area contributed by atoms with E-state index in [1.54, 1.807) is 0 Å². The smallest absolute Gasteiger partial charge is 0.126 e. The molecule has 0 fully saturated rings. The van der Waals surface area contributed by atoms with E-state index in [1.165, 1.54) is 11.1 Å². The van der Waals surface area contributed by atoms with E-state index < -0.39 is 0 Å². The molecule has 3 heteroatoms. The molecule has 0 aliphatic rings. The minimum atomic E-state index is 0.911. The summed E-state index contributed by atoms with van der Waals surface area (Å²) in [5, 5.41) is 4.24. The number of rotatable bonds is 2. The van der Waals surface area contributed by atoms with Crippen LogP contribution in [0.1, 0.15) is 12.6 Å². The molecule has 2 aromatic rings. The standard InChI is InChI=1S/C10H13N3/c1-3-8-4-7-5-10(11-2)12-6-9(7)13-8/h4-6,13H,3H2,1-2H3,(H,11,12). The largest absolute Gasteiger partial charge is 0.373 e. The first-order chi connectivity index (χ1) is 6.33. The second-order valence-electron chi connectivity index (χ2n) is 3.05. The third kappa shape index (κ3) is 1.37. The van der Waals surface area contributed by atoms with Crippen LogP contribution in [0.4, 0.5) is 5.82 Å². The zero-order valence-corrected chi connectivity index (χ0v) is 7.89. The van der Waals surface area contributed by atoms with Crippen LogP contribution in [0.5, 0.6) is 0 Å². The number of hydrogen-bond donors (Lipinski definition) is 2. The highest BCUT2D eigenvalue weighted by Crippen LogP contribution is 2.17. The molecule has 0 saturated carbocycles. The molecule has 2 rings (SSSR count). The molecule has 0 radical (unpaired) electrons. The number of fused-ring (bicyclic) bond motifs is 1. The highest BCUT2D eigenvalue weighted by atomic mass is 15.0. The fourth-order valence-electron chi connectivity index (χ4n) is 1.42. The maximum absolute atomic E-state index is 4.23. The topological polar surface area (TPSA) is 40.7 Å². The Morgan fingerprint density at radius 1 is 1.46 bits per heavy atom. The van der Waals surface area contributed by atoms with Crippen LogP contribution < -0.4 is 5.32 Å². The number of aryl methyl sites for hydroxylation is 1. The molecule has 0 spiro atoms. The van der Waals surface area contributed by atoms with Crippen LogP contribution in [0.25, 0.3) is 10.9 Å². The van der Waals surface area contributed by atoms with Crippen molar-refractivity contribution < 1.29 is 0 Å². The van der Waals surface area contributed by atoms with E-state index in [0.717, 1.165) is 17.8 Å². The molecule has 3 nitrogen and oxygen atoms in total. The summed E-state index contributed by atoms with van der Waals surface area (Å²) in [4.78, 5) is 7.54. The number of pyridine rings is 1. The molecular weight excluding hydrogens is 162 g/mol. The van der Waals surface area contributed by atoms with E-state index in [-0.39, 0.29) is 0 Å². The predicted octanol–water partition coefficient (Wildman–Crippen LogP) is 2.17. The van der Waals surface area contributed by atoms with E-state index in [0.29, 0.717) is 0 Å². The number of hydrogen-bond acceptors (Lipinski definition) is 2. The average molecular weight is 175 g/mol. The molecule has 0 aliphatic heterocycles. The van der Waals surface area contributed by atoms with Crippen molar-refractivity contribution in [3.63, 3.8) is 0 Å². The quantitative estimate of drug-likeness (QED) is 0.734. The molecule has 0 amide bonds. The molecule has 0 aliphatic carbocycles. The van der Waals surface area contributed by atoms with Crippen LogP contribution in [0.3, 0.4) is 0 Å². The summed E-state index contributed by atoms with van der Waals surface area (Å²) in [6.07, 6.45) is 2.89. The van der Waals surface area contributed by atoms with Crippen LogP contribution in [0.15, 0.2) is 18.3 Å². The highest BCUT2D eigenvalue weighted by Gasteiger charge is 1.99. The molecule has 2 aromatic heterocycles. The van der Waals surface area contributed by atoms with Gasteiger partial charge in [-0.1, -0.05) is 6.92 Å². The molecule has 0 aromatic carbocycles. The zero-order chi connectivity index (χ0) is 9.26. The lowest BCUT2D eigenvalue weighted by atomic mass is 10.3. The Morgan fingerprint density at radius 2 is 2.31 bits per heavy atom. The molecule has 68 valence electrons. The van der Waals surface area contributed by atoms with Gasteiger partial charge in [-0.05, 0) is 18.6 Å². The van der Waals surface area contributed by atoms with E-state index in [1.807, 2.05) is 19.3 Å². The summed E-state index contributed by atoms with van der Waals surface area (Å²) in [5.41, 5.74) is 2.36. The second kappa shape index (κ2) is 3.09. The monoisotopic (exact) mass is 175 g/mol. The Labute approximate surface area is 77.2 Å². The first-order valence-corrected chi connectivity index (χ1v) is 4.49. The van der Waals surface area contributed by atoms with Crippen molar-refractivity contribution in [2.24, 2.45) is 0 Å². The molecule has 0 atom stereocenters. The van der Waals surface area contributed by atoms with Crippen molar-refractivity contribution in [2.75, 3.05) is 12.4 Å². The number of anilines is 1. The second-order valence-corrected chi connectivity index (χ2v) is 3.05. The van der Waals surface area contributed by atoms with Crippen LogP contribution >= 0.6 is 0 Å². The van der Waals surface area contributed by atoms with Gasteiger partial charge in [-0.15, -0.1) is 0 Å². The fourth-order valence-corrected chi connectivity index (χ4v) is 1.42. The summed E-state index contributed by atoms with van der Waals surface area (Å²) in [7, 11) is 1.88. The van der Waals surface area contributed by atoms with Gasteiger partial charge in [0.15, 0.2) is 0 Å². The number of nitrogens with zero attached hydrogens (tertiary/aromatic N) is 1. The van der Waals surface area contributed by atoms with Gasteiger partial charge in [0.2, 0.25) is 0 Å². The van der Waals surface area contributed by atoms with Gasteiger partial charge in [0.25, 0.3) is 0 Å². The van der Waals surface area contributed by atoms with Gasteiger partial charge in [-0.25, -0.2) is 4.98 Å². The fraction of sp³-hybridized carbons (Fsp3) is 0.300. The van der Waals surface area contributed by atoms with Gasteiger partial charge in [0, 0.05) is 18.1 Å². The van der Waals surface area contributed by atoms with Gasteiger partial charge in [0.05, 0.1) is 11.7 Å². The van der Waals surface area contributed by atoms with E-state index in [2.05, 4.69) is 28.3 Å². The van der Waals surface area contributed by atoms with Crippen LogP contribution in [-0.2, 0) is 6.42 Å². The van der Waals surface area contributed by atoms with E-state index >= 15 is 0 Å². The highest BCUT2D eigenvalue weighted by molar-refractivity contribution is 5.81. The molecular formula is C10H13N3. The van der Waals surface area contributed by atoms with Gasteiger partial charge in [-0.2, -0.15) is 0 Å². The number of H-pyrrole nitrogens is 1. The molecule has 0 bridgehead atoms. The third-order valence-electron chi connectivity index (χ3n) is 2.20. The number of aromatic amines is 1. The van der Waals surface area contributed by atoms with Crippen LogP contribution in [-0.4, -0.2) is 17.0 Å². The van der Waals surface area contributed by atoms with Gasteiger partial charge in [0.1, 0.15) is 5.82 Å². The SMILES string of the molecule is CCc1cc2cc(NC)ncc2[nH]1. The summed E-state index contributed by atoms with van der Waals surface area (Å²) in [5.74, 6) is 0.911. The Hall–Kier alpha value is -1.51. The van der Waals surface area contributed by atoms with E-state index in [4.69, 9.17) is 0 Å². The Kier molecular flexibility index (Phi) is 1.93. The van der Waals surface area contributed by atoms with Gasteiger partial charge in [-0.3, -0.25) is 0 Å². The lowest BCUT2D eigenvalue weighted by Gasteiger charge is -1.96. The lowest BCUT2D eigenvalue weighted by molar-refractivity contribution is 1.07. The van der Waals surface area contributed by atoms with Crippen molar-refractivity contribution in [1.29, 1.82) is 0 Å². The summed E-state index contributed by atoms with van der Waals surface area (Å²) >= 11 is 0. The Balaban J connectivity index is 2.57. The first kappa shape index (κ1) is 8.10. The van der Waals surface area contributed by atoms with Gasteiger partial charge < -0.3 is 10.3 Å². The van der Waals surface area contributed by atoms with E-state index in [9.17, 15) is 0 Å². The third-order valence-corrected chi connectivity index (χ3v) is 2.20. The number of nitrogens with one attached hydrogen (secondary N) is 2. The Morgan fingerprint density at radius 3 is 3.00 bits per heavy atom. The molecule has 2 N–H and O–H groups in total. The maximum atomic E-state index is 4.23. The normalized spacial score (nSPS) is 10.6. The minimum Gasteiger partial charge on any atom is -0.373 e. The van der Waals surface area contributed by atoms with Crippen molar-refractivity contribution in [3.8, 4) is 0 Å². The predicted molar refractivity (Wildman–Crippen MR) is 55.0 cm³/mol. The molecule has 0 unspecified atom stereocenters. The summed E-state index contributed by atoms with van der Waals surface area (Å²) in [6.45, 7) is 2.14. The molecule has 0 saturated heterocycles. The zero-order valence-electron chi connectivity index (χ0n) is 7.89. The molecule has 2 heterocycles. The van der Waals surface area contributed by atoms with Crippen molar-refractivity contribution in [1.82, 2.24) is 9.97 Å². The Bertz CT molecular complexity index is 415. The minimum absolute atomic E-state index is 0.911. The van der Waals surface area contributed by atoms with Crippen LogP contribution in [0.2, 0.25) is 0 Å².